The molecule has 1 aliphatic rings. The fraction of sp³-hybridized carbons (Fsp3) is 0.444. The van der Waals surface area contributed by atoms with Gasteiger partial charge in [0.1, 0.15) is 6.04 Å². The van der Waals surface area contributed by atoms with E-state index in [2.05, 4.69) is 31.3 Å². The van der Waals surface area contributed by atoms with Crippen LogP contribution in [0.2, 0.25) is 5.02 Å². The molecule has 0 saturated carbocycles. The van der Waals surface area contributed by atoms with Crippen molar-refractivity contribution in [1.29, 1.82) is 0 Å². The van der Waals surface area contributed by atoms with Gasteiger partial charge in [0.05, 0.1) is 5.56 Å². The summed E-state index contributed by atoms with van der Waals surface area (Å²) in [5.41, 5.74) is 2.01. The van der Waals surface area contributed by atoms with Crippen LogP contribution in [-0.4, -0.2) is 46.9 Å². The van der Waals surface area contributed by atoms with Gasteiger partial charge < -0.3 is 15.3 Å². The molecule has 0 radical (unpaired) electrons. The van der Waals surface area contributed by atoms with Crippen molar-refractivity contribution in [3.05, 3.63) is 69.7 Å². The van der Waals surface area contributed by atoms with E-state index < -0.39 is 17.9 Å². The topological polar surface area (TPSA) is 86.7 Å². The number of nitrogens with one attached hydrogen (secondary N) is 1. The van der Waals surface area contributed by atoms with Crippen LogP contribution in [0.5, 0.6) is 0 Å². The third-order valence-electron chi connectivity index (χ3n) is 6.62. The Morgan fingerprint density at radius 3 is 2.26 bits per heavy atom. The molecule has 182 valence electrons. The number of aryl methyl sites for hydroxylation is 1. The lowest BCUT2D eigenvalue weighted by Crippen LogP contribution is -2.55. The van der Waals surface area contributed by atoms with Gasteiger partial charge in [-0.2, -0.15) is 0 Å². The van der Waals surface area contributed by atoms with Crippen molar-refractivity contribution in [2.45, 2.75) is 53.0 Å². The summed E-state index contributed by atoms with van der Waals surface area (Å²) in [5, 5.41) is 12.9. The standard InChI is InChI=1S/C27H33ClN2O4/c1-16(2)23(29-24(31)19-12-17(3)13-20(14-19)26(33)34)25(32)30-11-10-22(27(4,5)15-30)18-6-8-21(28)9-7-18/h6-9,12-14,16,22-23H,10-11,15H2,1-5H3,(H,29,31)(H,33,34). The molecule has 1 saturated heterocycles. The summed E-state index contributed by atoms with van der Waals surface area (Å²) in [4.78, 5) is 39.7. The van der Waals surface area contributed by atoms with Crippen LogP contribution in [-0.2, 0) is 4.79 Å². The summed E-state index contributed by atoms with van der Waals surface area (Å²) < 4.78 is 0. The summed E-state index contributed by atoms with van der Waals surface area (Å²) in [6, 6.07) is 11.7. The van der Waals surface area contributed by atoms with E-state index in [-0.39, 0.29) is 28.4 Å². The average Bonchev–Trinajstić information content (AvgIpc) is 2.76. The predicted octanol–water partition coefficient (Wildman–Crippen LogP) is 5.14. The van der Waals surface area contributed by atoms with E-state index in [0.29, 0.717) is 29.6 Å². The van der Waals surface area contributed by atoms with Gasteiger partial charge in [-0.1, -0.05) is 51.4 Å². The van der Waals surface area contributed by atoms with Crippen LogP contribution < -0.4 is 5.32 Å². The molecular formula is C27H33ClN2O4. The summed E-state index contributed by atoms with van der Waals surface area (Å²) in [6.07, 6.45) is 0.818. The highest BCUT2D eigenvalue weighted by Gasteiger charge is 2.40. The maximum Gasteiger partial charge on any atom is 0.335 e. The predicted molar refractivity (Wildman–Crippen MR) is 133 cm³/mol. The Balaban J connectivity index is 1.76. The molecule has 2 aromatic rings. The molecule has 7 heteroatoms. The van der Waals surface area contributed by atoms with Crippen molar-refractivity contribution >= 4 is 29.4 Å². The lowest BCUT2D eigenvalue weighted by molar-refractivity contribution is -0.137. The van der Waals surface area contributed by atoms with E-state index in [1.165, 1.54) is 17.7 Å². The summed E-state index contributed by atoms with van der Waals surface area (Å²) in [7, 11) is 0. The van der Waals surface area contributed by atoms with Gasteiger partial charge in [-0.25, -0.2) is 4.79 Å². The fourth-order valence-corrected chi connectivity index (χ4v) is 4.96. The van der Waals surface area contributed by atoms with Crippen molar-refractivity contribution in [2.75, 3.05) is 13.1 Å². The van der Waals surface area contributed by atoms with Gasteiger partial charge in [-0.15, -0.1) is 0 Å². The van der Waals surface area contributed by atoms with Gasteiger partial charge in [0, 0.05) is 23.7 Å². The van der Waals surface area contributed by atoms with Crippen LogP contribution in [0.15, 0.2) is 42.5 Å². The van der Waals surface area contributed by atoms with Crippen LogP contribution in [0.25, 0.3) is 0 Å². The van der Waals surface area contributed by atoms with Crippen molar-refractivity contribution in [2.24, 2.45) is 11.3 Å². The van der Waals surface area contributed by atoms with E-state index in [4.69, 9.17) is 11.6 Å². The molecular weight excluding hydrogens is 452 g/mol. The number of hydrogen-bond donors (Lipinski definition) is 2. The quantitative estimate of drug-likeness (QED) is 0.594. The molecule has 2 unspecified atom stereocenters. The van der Waals surface area contributed by atoms with Gasteiger partial charge in [0.25, 0.3) is 5.91 Å². The number of nitrogens with zero attached hydrogens (tertiary/aromatic N) is 1. The molecule has 3 rings (SSSR count). The first-order valence-corrected chi connectivity index (χ1v) is 12.0. The third kappa shape index (κ3) is 5.79. The molecule has 0 aliphatic carbocycles. The van der Waals surface area contributed by atoms with E-state index in [9.17, 15) is 19.5 Å². The highest BCUT2D eigenvalue weighted by atomic mass is 35.5. The van der Waals surface area contributed by atoms with Gasteiger partial charge >= 0.3 is 5.97 Å². The normalized spacial score (nSPS) is 18.4. The largest absolute Gasteiger partial charge is 0.478 e. The number of hydrogen-bond acceptors (Lipinski definition) is 3. The van der Waals surface area contributed by atoms with Crippen LogP contribution in [0.3, 0.4) is 0 Å². The van der Waals surface area contributed by atoms with E-state index in [1.807, 2.05) is 30.9 Å². The Hall–Kier alpha value is -2.86. The summed E-state index contributed by atoms with van der Waals surface area (Å²) in [6.45, 7) is 11.0. The number of carboxylic acid groups (broad SMARTS) is 1. The summed E-state index contributed by atoms with van der Waals surface area (Å²) >= 11 is 6.05. The number of halogens is 1. The molecule has 0 aromatic heterocycles. The number of likely N-dealkylation sites (tertiary alicyclic amines) is 1. The van der Waals surface area contributed by atoms with Gasteiger partial charge in [0.2, 0.25) is 5.91 Å². The van der Waals surface area contributed by atoms with Crippen LogP contribution in [0.4, 0.5) is 0 Å². The lowest BCUT2D eigenvalue weighted by atomic mass is 9.70. The highest BCUT2D eigenvalue weighted by Crippen LogP contribution is 2.42. The Kier molecular flexibility index (Phi) is 7.71. The maximum absolute atomic E-state index is 13.5. The molecule has 34 heavy (non-hydrogen) atoms. The highest BCUT2D eigenvalue weighted by molar-refractivity contribution is 6.30. The molecule has 0 bridgehead atoms. The monoisotopic (exact) mass is 484 g/mol. The minimum Gasteiger partial charge on any atom is -0.478 e. The maximum atomic E-state index is 13.5. The third-order valence-corrected chi connectivity index (χ3v) is 6.87. The number of amides is 2. The summed E-state index contributed by atoms with van der Waals surface area (Å²) in [5.74, 6) is -1.49. The van der Waals surface area contributed by atoms with Crippen LogP contribution >= 0.6 is 11.6 Å². The van der Waals surface area contributed by atoms with E-state index >= 15 is 0 Å². The second kappa shape index (κ2) is 10.2. The first kappa shape index (κ1) is 25.8. The number of carbonyl (C=O) groups excluding carboxylic acids is 2. The van der Waals surface area contributed by atoms with Gasteiger partial charge in [0.15, 0.2) is 0 Å². The number of benzene rings is 2. The number of piperidine rings is 1. The van der Waals surface area contributed by atoms with E-state index in [0.717, 1.165) is 6.42 Å². The minimum atomic E-state index is -1.10. The Morgan fingerprint density at radius 2 is 1.71 bits per heavy atom. The SMILES string of the molecule is Cc1cc(C(=O)O)cc(C(=O)NC(C(=O)N2CCC(c3ccc(Cl)cc3)C(C)(C)C2)C(C)C)c1. The number of carbonyl (C=O) groups is 3. The minimum absolute atomic E-state index is 0.0450. The first-order chi connectivity index (χ1) is 15.9. The molecule has 1 aliphatic heterocycles. The molecule has 1 heterocycles. The Bertz CT molecular complexity index is 1080. The second-order valence-corrected chi connectivity index (χ2v) is 10.7. The molecule has 2 atom stereocenters. The first-order valence-electron chi connectivity index (χ1n) is 11.6. The number of rotatable bonds is 6. The number of aromatic carboxylic acids is 1. The number of carboxylic acids is 1. The second-order valence-electron chi connectivity index (χ2n) is 10.2. The van der Waals surface area contributed by atoms with Crippen molar-refractivity contribution in [3.63, 3.8) is 0 Å². The van der Waals surface area contributed by atoms with Gasteiger partial charge in [-0.3, -0.25) is 9.59 Å². The fourth-order valence-electron chi connectivity index (χ4n) is 4.83. The molecule has 2 N–H and O–H groups in total. The average molecular weight is 485 g/mol. The van der Waals surface area contributed by atoms with E-state index in [1.54, 1.807) is 13.0 Å². The van der Waals surface area contributed by atoms with Crippen LogP contribution in [0, 0.1) is 18.3 Å². The molecule has 0 spiro atoms. The molecule has 2 amide bonds. The zero-order valence-corrected chi connectivity index (χ0v) is 21.1. The van der Waals surface area contributed by atoms with Crippen LogP contribution in [0.1, 0.15) is 71.9 Å². The molecule has 6 nitrogen and oxygen atoms in total. The Morgan fingerprint density at radius 1 is 1.09 bits per heavy atom. The van der Waals surface area contributed by atoms with Crippen molar-refractivity contribution in [1.82, 2.24) is 10.2 Å². The Labute approximate surface area is 206 Å². The molecule has 1 fully saturated rings. The van der Waals surface area contributed by atoms with Crippen molar-refractivity contribution in [3.8, 4) is 0 Å². The zero-order valence-electron chi connectivity index (χ0n) is 20.4. The molecule has 2 aromatic carbocycles. The van der Waals surface area contributed by atoms with Gasteiger partial charge in [-0.05, 0) is 72.1 Å². The van der Waals surface area contributed by atoms with Crippen molar-refractivity contribution < 1.29 is 19.5 Å². The smallest absolute Gasteiger partial charge is 0.335 e. The lowest BCUT2D eigenvalue weighted by Gasteiger charge is -2.45. The zero-order chi connectivity index (χ0) is 25.2.